The number of hydrogen-bond donors (Lipinski definition) is 2. The van der Waals surface area contributed by atoms with Crippen LogP contribution in [0.25, 0.3) is 0 Å². The molecule has 0 amide bonds. The monoisotopic (exact) mass is 268 g/mol. The number of azo groups is 1. The fourth-order valence-corrected chi connectivity index (χ4v) is 2.87. The molecule has 0 aromatic heterocycles. The van der Waals surface area contributed by atoms with Gasteiger partial charge in [-0.25, -0.2) is 5.43 Å². The summed E-state index contributed by atoms with van der Waals surface area (Å²) in [5.74, 6) is 0. The molecular formula is C13H24N4S. The van der Waals surface area contributed by atoms with Crippen molar-refractivity contribution in [1.29, 1.82) is 0 Å². The summed E-state index contributed by atoms with van der Waals surface area (Å²) in [4.78, 5) is 0. The third-order valence-electron chi connectivity index (χ3n) is 3.87. The van der Waals surface area contributed by atoms with Crippen molar-refractivity contribution >= 4 is 17.3 Å². The number of hydrogen-bond acceptors (Lipinski definition) is 3. The van der Waals surface area contributed by atoms with Crippen LogP contribution in [0.2, 0.25) is 0 Å². The molecular weight excluding hydrogens is 244 g/mol. The summed E-state index contributed by atoms with van der Waals surface area (Å²) in [5.41, 5.74) is 6.28. The molecule has 0 radical (unpaired) electrons. The van der Waals surface area contributed by atoms with E-state index in [2.05, 4.69) is 21.1 Å². The molecule has 18 heavy (non-hydrogen) atoms. The normalized spacial score (nSPS) is 23.3. The molecule has 0 saturated heterocycles. The SMILES string of the molecule is S=C(N=NC1CCCCC1)NNC1CCCCC1. The van der Waals surface area contributed by atoms with Gasteiger partial charge in [0.15, 0.2) is 0 Å². The van der Waals surface area contributed by atoms with E-state index in [1.165, 1.54) is 64.2 Å². The lowest BCUT2D eigenvalue weighted by atomic mass is 9.96. The van der Waals surface area contributed by atoms with Gasteiger partial charge in [-0.05, 0) is 37.9 Å². The molecule has 0 bridgehead atoms. The molecule has 0 heterocycles. The van der Waals surface area contributed by atoms with Crippen LogP contribution in [0.4, 0.5) is 0 Å². The van der Waals surface area contributed by atoms with Crippen molar-refractivity contribution in [1.82, 2.24) is 10.9 Å². The van der Waals surface area contributed by atoms with Gasteiger partial charge in [0.2, 0.25) is 5.11 Å². The van der Waals surface area contributed by atoms with Gasteiger partial charge in [0.05, 0.1) is 6.04 Å². The summed E-state index contributed by atoms with van der Waals surface area (Å²) < 4.78 is 0. The quantitative estimate of drug-likeness (QED) is 0.468. The van der Waals surface area contributed by atoms with Crippen LogP contribution >= 0.6 is 12.2 Å². The van der Waals surface area contributed by atoms with Crippen molar-refractivity contribution in [2.24, 2.45) is 10.2 Å². The van der Waals surface area contributed by atoms with Crippen LogP contribution in [-0.2, 0) is 0 Å². The minimum Gasteiger partial charge on any atom is -0.295 e. The highest BCUT2D eigenvalue weighted by Gasteiger charge is 2.13. The van der Waals surface area contributed by atoms with E-state index in [0.29, 0.717) is 17.2 Å². The molecule has 2 fully saturated rings. The first kappa shape index (κ1) is 13.9. The number of thiocarbonyl (C=S) groups is 1. The van der Waals surface area contributed by atoms with Crippen molar-refractivity contribution in [2.75, 3.05) is 0 Å². The summed E-state index contributed by atoms with van der Waals surface area (Å²) in [5, 5.41) is 8.92. The zero-order chi connectivity index (χ0) is 12.6. The van der Waals surface area contributed by atoms with Gasteiger partial charge in [0, 0.05) is 6.04 Å². The molecule has 5 heteroatoms. The van der Waals surface area contributed by atoms with Crippen LogP contribution < -0.4 is 10.9 Å². The Balaban J connectivity index is 1.62. The van der Waals surface area contributed by atoms with Crippen molar-refractivity contribution < 1.29 is 0 Å². The van der Waals surface area contributed by atoms with Crippen LogP contribution in [0.15, 0.2) is 10.2 Å². The van der Waals surface area contributed by atoms with Gasteiger partial charge in [0.25, 0.3) is 0 Å². The maximum Gasteiger partial charge on any atom is 0.227 e. The largest absolute Gasteiger partial charge is 0.295 e. The third kappa shape index (κ3) is 4.98. The standard InChI is InChI=1S/C13H24N4S/c18-13(16-14-11-7-3-1-4-8-11)17-15-12-9-5-2-6-10-12/h11-12,14H,1-10H2,(H,16,18). The van der Waals surface area contributed by atoms with Gasteiger partial charge >= 0.3 is 0 Å². The molecule has 2 N–H and O–H groups in total. The van der Waals surface area contributed by atoms with E-state index in [0.717, 1.165) is 0 Å². The van der Waals surface area contributed by atoms with Crippen molar-refractivity contribution in [2.45, 2.75) is 76.3 Å². The summed E-state index contributed by atoms with van der Waals surface area (Å²) in [6.45, 7) is 0. The molecule has 102 valence electrons. The van der Waals surface area contributed by atoms with Gasteiger partial charge < -0.3 is 0 Å². The van der Waals surface area contributed by atoms with E-state index in [9.17, 15) is 0 Å². The highest BCUT2D eigenvalue weighted by Crippen LogP contribution is 2.20. The van der Waals surface area contributed by atoms with E-state index in [-0.39, 0.29) is 0 Å². The Labute approximate surface area is 115 Å². The molecule has 2 aliphatic carbocycles. The zero-order valence-electron chi connectivity index (χ0n) is 11.0. The Bertz CT molecular complexity index is 281. The van der Waals surface area contributed by atoms with Crippen LogP contribution in [0.3, 0.4) is 0 Å². The predicted octanol–water partition coefficient (Wildman–Crippen LogP) is 3.48. The lowest BCUT2D eigenvalue weighted by Crippen LogP contribution is -2.43. The Morgan fingerprint density at radius 1 is 0.889 bits per heavy atom. The number of nitrogens with one attached hydrogen (secondary N) is 2. The van der Waals surface area contributed by atoms with Crippen LogP contribution in [0, 0.1) is 0 Å². The molecule has 2 aliphatic rings. The van der Waals surface area contributed by atoms with E-state index < -0.39 is 0 Å². The molecule has 0 aliphatic heterocycles. The van der Waals surface area contributed by atoms with Crippen molar-refractivity contribution in [3.63, 3.8) is 0 Å². The molecule has 0 atom stereocenters. The second-order valence-electron chi connectivity index (χ2n) is 5.42. The van der Waals surface area contributed by atoms with Gasteiger partial charge in [-0.3, -0.25) is 5.43 Å². The molecule has 2 saturated carbocycles. The van der Waals surface area contributed by atoms with Gasteiger partial charge in [-0.15, -0.1) is 5.11 Å². The van der Waals surface area contributed by atoms with Crippen LogP contribution in [-0.4, -0.2) is 17.2 Å². The summed E-state index contributed by atoms with van der Waals surface area (Å²) in [6.07, 6.45) is 12.7. The predicted molar refractivity (Wildman–Crippen MR) is 77.5 cm³/mol. The average molecular weight is 268 g/mol. The van der Waals surface area contributed by atoms with E-state index in [4.69, 9.17) is 12.2 Å². The van der Waals surface area contributed by atoms with Crippen LogP contribution in [0.1, 0.15) is 64.2 Å². The maximum atomic E-state index is 5.16. The van der Waals surface area contributed by atoms with Gasteiger partial charge in [0.1, 0.15) is 0 Å². The fraction of sp³-hybridized carbons (Fsp3) is 0.923. The van der Waals surface area contributed by atoms with E-state index in [1.54, 1.807) is 0 Å². The van der Waals surface area contributed by atoms with E-state index in [1.807, 2.05) is 0 Å². The first-order valence-corrected chi connectivity index (χ1v) is 7.72. The molecule has 0 aromatic carbocycles. The summed E-state index contributed by atoms with van der Waals surface area (Å²) in [6, 6.07) is 0.940. The fourth-order valence-electron chi connectivity index (χ4n) is 2.77. The topological polar surface area (TPSA) is 48.8 Å². The number of hydrazine groups is 1. The lowest BCUT2D eigenvalue weighted by Gasteiger charge is -2.23. The summed E-state index contributed by atoms with van der Waals surface area (Å²) >= 11 is 5.16. The molecule has 0 unspecified atom stereocenters. The maximum absolute atomic E-state index is 5.16. The second-order valence-corrected chi connectivity index (χ2v) is 5.80. The highest BCUT2D eigenvalue weighted by molar-refractivity contribution is 7.80. The third-order valence-corrected chi connectivity index (χ3v) is 4.06. The zero-order valence-corrected chi connectivity index (χ0v) is 11.8. The van der Waals surface area contributed by atoms with Crippen LogP contribution in [0.5, 0.6) is 0 Å². The van der Waals surface area contributed by atoms with E-state index >= 15 is 0 Å². The Morgan fingerprint density at radius 2 is 1.50 bits per heavy atom. The van der Waals surface area contributed by atoms with Gasteiger partial charge in [-0.1, -0.05) is 38.5 Å². The minimum absolute atomic E-state index is 0.396. The first-order valence-electron chi connectivity index (χ1n) is 7.31. The second kappa shape index (κ2) is 7.79. The lowest BCUT2D eigenvalue weighted by molar-refractivity contribution is 0.361. The van der Waals surface area contributed by atoms with Gasteiger partial charge in [-0.2, -0.15) is 5.11 Å². The van der Waals surface area contributed by atoms with Crippen molar-refractivity contribution in [3.05, 3.63) is 0 Å². The first-order chi connectivity index (χ1) is 8.84. The Morgan fingerprint density at radius 3 is 2.17 bits per heavy atom. The minimum atomic E-state index is 0.396. The highest BCUT2D eigenvalue weighted by atomic mass is 32.1. The Hall–Kier alpha value is -0.550. The number of rotatable bonds is 3. The Kier molecular flexibility index (Phi) is 6.00. The smallest absolute Gasteiger partial charge is 0.227 e. The molecule has 4 nitrogen and oxygen atoms in total. The summed E-state index contributed by atoms with van der Waals surface area (Å²) in [7, 11) is 0. The number of nitrogens with zero attached hydrogens (tertiary/aromatic N) is 2. The molecule has 2 rings (SSSR count). The molecule has 0 spiro atoms. The molecule has 0 aromatic rings. The van der Waals surface area contributed by atoms with Crippen molar-refractivity contribution in [3.8, 4) is 0 Å². The average Bonchev–Trinajstić information content (AvgIpc) is 2.45.